The second-order valence-electron chi connectivity index (χ2n) is 6.33. The van der Waals surface area contributed by atoms with Crippen molar-refractivity contribution in [1.82, 2.24) is 10.6 Å². The van der Waals surface area contributed by atoms with Crippen LogP contribution in [0.1, 0.15) is 24.3 Å². The molecule has 7 heteroatoms. The second-order valence-corrected chi connectivity index (χ2v) is 8.22. The molecule has 1 atom stereocenters. The summed E-state index contributed by atoms with van der Waals surface area (Å²) in [6.07, 6.45) is 1.67. The van der Waals surface area contributed by atoms with Crippen LogP contribution in [0.15, 0.2) is 69.7 Å². The van der Waals surface area contributed by atoms with Crippen LogP contribution in [0.25, 0.3) is 0 Å². The van der Waals surface area contributed by atoms with Crippen LogP contribution in [0.5, 0.6) is 0 Å². The van der Waals surface area contributed by atoms with Gasteiger partial charge >= 0.3 is 0 Å². The summed E-state index contributed by atoms with van der Waals surface area (Å²) in [5.74, 6) is 1.35. The Morgan fingerprint density at radius 3 is 2.82 bits per heavy atom. The van der Waals surface area contributed by atoms with Gasteiger partial charge in [0, 0.05) is 29.7 Å². The van der Waals surface area contributed by atoms with E-state index >= 15 is 0 Å². The van der Waals surface area contributed by atoms with Crippen LogP contribution in [0.3, 0.4) is 0 Å². The van der Waals surface area contributed by atoms with E-state index in [0.29, 0.717) is 5.82 Å². The second kappa shape index (κ2) is 11.8. The number of aliphatic hydroxyl groups is 1. The quantitative estimate of drug-likeness (QED) is 0.236. The minimum Gasteiger partial charge on any atom is -0.394 e. The highest BCUT2D eigenvalue weighted by atomic mass is 79.9. The number of allylic oxidation sites excluding steroid dienone is 2. The number of hydrogen-bond acceptors (Lipinski definition) is 5. The summed E-state index contributed by atoms with van der Waals surface area (Å²) in [5, 5.41) is 21.3. The van der Waals surface area contributed by atoms with Gasteiger partial charge < -0.3 is 21.1 Å². The number of hydrogen-bond donors (Lipinski definition) is 4. The maximum atomic E-state index is 9.27. The van der Waals surface area contributed by atoms with Gasteiger partial charge in [-0.25, -0.2) is 4.99 Å². The molecule has 1 unspecified atom stereocenters. The lowest BCUT2D eigenvalue weighted by Gasteiger charge is -2.15. The summed E-state index contributed by atoms with van der Waals surface area (Å²) in [6.45, 7) is 9.23. The highest BCUT2D eigenvalue weighted by molar-refractivity contribution is 9.11. The minimum absolute atomic E-state index is 0.0173. The van der Waals surface area contributed by atoms with Gasteiger partial charge in [0.1, 0.15) is 11.7 Å². The third kappa shape index (κ3) is 7.59. The summed E-state index contributed by atoms with van der Waals surface area (Å²) in [5.41, 5.74) is 2.17. The number of anilines is 1. The first-order valence-corrected chi connectivity index (χ1v) is 10.7. The van der Waals surface area contributed by atoms with E-state index in [1.165, 1.54) is 10.4 Å². The predicted molar refractivity (Wildman–Crippen MR) is 124 cm³/mol. The van der Waals surface area contributed by atoms with E-state index in [2.05, 4.69) is 73.1 Å². The summed E-state index contributed by atoms with van der Waals surface area (Å²) in [6, 6.07) is 12.3. The highest BCUT2D eigenvalue weighted by Gasteiger charge is 2.06. The van der Waals surface area contributed by atoms with E-state index in [1.54, 1.807) is 17.4 Å². The van der Waals surface area contributed by atoms with Crippen molar-refractivity contribution in [2.75, 3.05) is 11.9 Å². The normalized spacial score (nSPS) is 13.6. The number of benzene rings is 1. The lowest BCUT2D eigenvalue weighted by molar-refractivity contribution is 0.258. The Labute approximate surface area is 179 Å². The molecule has 0 fully saturated rings. The van der Waals surface area contributed by atoms with Gasteiger partial charge in [-0.2, -0.15) is 0 Å². The number of rotatable bonds is 10. The van der Waals surface area contributed by atoms with Crippen molar-refractivity contribution in [3.63, 3.8) is 0 Å². The molecule has 0 radical (unpaired) electrons. The molecule has 0 saturated heterocycles. The molecule has 0 spiro atoms. The van der Waals surface area contributed by atoms with Crippen LogP contribution in [-0.4, -0.2) is 23.6 Å². The topological polar surface area (TPSA) is 68.7 Å². The molecule has 2 aromatic rings. The zero-order valence-corrected chi connectivity index (χ0v) is 18.6. The van der Waals surface area contributed by atoms with Crippen molar-refractivity contribution >= 4 is 38.8 Å². The van der Waals surface area contributed by atoms with Gasteiger partial charge in [-0.1, -0.05) is 30.9 Å². The third-order valence-corrected chi connectivity index (χ3v) is 5.38. The molecule has 0 aliphatic heterocycles. The van der Waals surface area contributed by atoms with Gasteiger partial charge in [-0.15, -0.1) is 11.3 Å². The molecule has 150 valence electrons. The predicted octanol–water partition coefficient (Wildman–Crippen LogP) is 4.59. The lowest BCUT2D eigenvalue weighted by Crippen LogP contribution is -2.29. The van der Waals surface area contributed by atoms with Crippen LogP contribution in [0, 0.1) is 0 Å². The number of aliphatic imine (C=N–C) groups is 1. The van der Waals surface area contributed by atoms with Crippen molar-refractivity contribution < 1.29 is 5.11 Å². The zero-order valence-electron chi connectivity index (χ0n) is 16.2. The van der Waals surface area contributed by atoms with Crippen molar-refractivity contribution in [3.8, 4) is 0 Å². The molecule has 2 rings (SSSR count). The SMILES string of the molecule is C=C/C(Br)=C(\N=C(/C)Nc1cccc(CNCc2cccs2)c1)NC(C)CO. The van der Waals surface area contributed by atoms with E-state index in [1.807, 2.05) is 26.0 Å². The molecule has 0 amide bonds. The van der Waals surface area contributed by atoms with E-state index in [-0.39, 0.29) is 12.6 Å². The van der Waals surface area contributed by atoms with E-state index < -0.39 is 0 Å². The Morgan fingerprint density at radius 2 is 2.14 bits per heavy atom. The smallest absolute Gasteiger partial charge is 0.142 e. The average Bonchev–Trinajstić information content (AvgIpc) is 3.20. The van der Waals surface area contributed by atoms with Crippen LogP contribution >= 0.6 is 27.3 Å². The van der Waals surface area contributed by atoms with Crippen LogP contribution in [0.2, 0.25) is 0 Å². The molecule has 1 heterocycles. The van der Waals surface area contributed by atoms with Crippen molar-refractivity contribution in [3.05, 3.63) is 75.2 Å². The van der Waals surface area contributed by atoms with Crippen molar-refractivity contribution in [2.24, 2.45) is 4.99 Å². The Bertz CT molecular complexity index is 818. The molecule has 28 heavy (non-hydrogen) atoms. The largest absolute Gasteiger partial charge is 0.394 e. The summed E-state index contributed by atoms with van der Waals surface area (Å²) in [4.78, 5) is 5.91. The van der Waals surface area contributed by atoms with Crippen LogP contribution in [-0.2, 0) is 13.1 Å². The van der Waals surface area contributed by atoms with Crippen LogP contribution in [0.4, 0.5) is 5.69 Å². The van der Waals surface area contributed by atoms with Gasteiger partial charge in [0.05, 0.1) is 11.1 Å². The maximum Gasteiger partial charge on any atom is 0.142 e. The highest BCUT2D eigenvalue weighted by Crippen LogP contribution is 2.15. The first kappa shape index (κ1) is 22.4. The van der Waals surface area contributed by atoms with E-state index in [4.69, 9.17) is 0 Å². The zero-order chi connectivity index (χ0) is 20.4. The summed E-state index contributed by atoms with van der Waals surface area (Å²) < 4.78 is 0.737. The van der Waals surface area contributed by atoms with Crippen LogP contribution < -0.4 is 16.0 Å². The third-order valence-electron chi connectivity index (χ3n) is 3.80. The molecule has 5 nitrogen and oxygen atoms in total. The minimum atomic E-state index is -0.114. The molecule has 0 aliphatic rings. The molecule has 0 saturated carbocycles. The number of nitrogens with one attached hydrogen (secondary N) is 3. The summed E-state index contributed by atoms with van der Waals surface area (Å²) >= 11 is 5.20. The van der Waals surface area contributed by atoms with Gasteiger partial charge in [-0.3, -0.25) is 0 Å². The van der Waals surface area contributed by atoms with Gasteiger partial charge in [-0.05, 0) is 58.9 Å². The number of aliphatic hydroxyl groups excluding tert-OH is 1. The lowest BCUT2D eigenvalue weighted by atomic mass is 10.2. The number of thiophene rings is 1. The fourth-order valence-corrected chi connectivity index (χ4v) is 3.31. The Kier molecular flexibility index (Phi) is 9.43. The van der Waals surface area contributed by atoms with Crippen molar-refractivity contribution in [1.29, 1.82) is 0 Å². The van der Waals surface area contributed by atoms with E-state index in [0.717, 1.165) is 29.1 Å². The Morgan fingerprint density at radius 1 is 1.32 bits per heavy atom. The number of amidine groups is 1. The molecule has 4 N–H and O–H groups in total. The molecule has 1 aromatic carbocycles. The molecule has 0 aliphatic carbocycles. The van der Waals surface area contributed by atoms with Crippen molar-refractivity contribution in [2.45, 2.75) is 33.0 Å². The van der Waals surface area contributed by atoms with Gasteiger partial charge in [0.2, 0.25) is 0 Å². The molecule has 0 bridgehead atoms. The molecular formula is C21H27BrN4OS. The maximum absolute atomic E-state index is 9.27. The first-order valence-electron chi connectivity index (χ1n) is 9.05. The van der Waals surface area contributed by atoms with E-state index in [9.17, 15) is 5.11 Å². The molecular weight excluding hydrogens is 436 g/mol. The van der Waals surface area contributed by atoms with Gasteiger partial charge in [0.25, 0.3) is 0 Å². The standard InChI is InChI=1S/C21H27BrN4OS/c1-4-20(22)21(24-15(2)14-27)26-16(3)25-18-8-5-7-17(11-18)12-23-13-19-9-6-10-28-19/h4-11,15,23-24,27H,1,12-14H2,2-3H3,(H,25,26)/b21-20+. The van der Waals surface area contributed by atoms with Gasteiger partial charge in [0.15, 0.2) is 0 Å². The number of halogens is 1. The first-order chi connectivity index (χ1) is 13.5. The molecule has 1 aromatic heterocycles. The average molecular weight is 463 g/mol. The number of nitrogens with zero attached hydrogens (tertiary/aromatic N) is 1. The summed E-state index contributed by atoms with van der Waals surface area (Å²) in [7, 11) is 0. The fraction of sp³-hybridized carbons (Fsp3) is 0.286. The Hall–Kier alpha value is -1.93. The monoisotopic (exact) mass is 462 g/mol. The Balaban J connectivity index is 2.00. The fourth-order valence-electron chi connectivity index (χ4n) is 2.44.